The fraction of sp³-hybridized carbons (Fsp3) is 0.227. The Morgan fingerprint density at radius 2 is 1.70 bits per heavy atom. The molecular formula is C22H22N+. The molecule has 1 heterocycles. The van der Waals surface area contributed by atoms with Gasteiger partial charge >= 0.3 is 0 Å². The van der Waals surface area contributed by atoms with Crippen LogP contribution >= 0.6 is 0 Å². The van der Waals surface area contributed by atoms with Crippen molar-refractivity contribution in [3.63, 3.8) is 0 Å². The molecule has 1 nitrogen and oxygen atoms in total. The minimum atomic E-state index is 0.170. The lowest BCUT2D eigenvalue weighted by atomic mass is 9.83. The largest absolute Gasteiger partial charge is 0.215 e. The summed E-state index contributed by atoms with van der Waals surface area (Å²) in [7, 11) is 0. The zero-order valence-electron chi connectivity index (χ0n) is 14.0. The topological polar surface area (TPSA) is 3.01 Å². The number of para-hydroxylation sites is 1. The Morgan fingerprint density at radius 1 is 0.913 bits per heavy atom. The second kappa shape index (κ2) is 5.06. The molecule has 0 aromatic heterocycles. The van der Waals surface area contributed by atoms with Crippen LogP contribution in [0.1, 0.15) is 37.8 Å². The Kier molecular flexibility index (Phi) is 3.12. The van der Waals surface area contributed by atoms with Gasteiger partial charge in [-0.25, -0.2) is 0 Å². The summed E-state index contributed by atoms with van der Waals surface area (Å²) < 4.78 is 2.40. The lowest BCUT2D eigenvalue weighted by Crippen LogP contribution is -2.14. The van der Waals surface area contributed by atoms with Crippen molar-refractivity contribution in [2.75, 3.05) is 0 Å². The van der Waals surface area contributed by atoms with E-state index in [1.54, 1.807) is 0 Å². The zero-order valence-corrected chi connectivity index (χ0v) is 14.0. The highest BCUT2D eigenvalue weighted by Gasteiger charge is 2.39. The van der Waals surface area contributed by atoms with Crippen LogP contribution in [0.3, 0.4) is 0 Å². The molecule has 0 amide bonds. The van der Waals surface area contributed by atoms with Gasteiger partial charge in [0.2, 0.25) is 11.4 Å². The Morgan fingerprint density at radius 3 is 2.43 bits per heavy atom. The van der Waals surface area contributed by atoms with Crippen molar-refractivity contribution < 1.29 is 0 Å². The van der Waals surface area contributed by atoms with Crippen LogP contribution in [-0.4, -0.2) is 5.71 Å². The maximum Gasteiger partial charge on any atom is 0.215 e. The van der Waals surface area contributed by atoms with Crippen molar-refractivity contribution in [1.82, 2.24) is 4.58 Å². The van der Waals surface area contributed by atoms with Gasteiger partial charge in [-0.1, -0.05) is 63.3 Å². The molecule has 1 unspecified atom stereocenters. The third-order valence-electron chi connectivity index (χ3n) is 4.74. The van der Waals surface area contributed by atoms with Crippen LogP contribution in [-0.2, 0) is 5.41 Å². The summed E-state index contributed by atoms with van der Waals surface area (Å²) in [5.74, 6) is 0.359. The lowest BCUT2D eigenvalue weighted by Gasteiger charge is -2.19. The summed E-state index contributed by atoms with van der Waals surface area (Å²) in [6.45, 7) is 6.83. The molecule has 1 heteroatoms. The first kappa shape index (κ1) is 14.2. The maximum absolute atomic E-state index is 2.40. The van der Waals surface area contributed by atoms with Crippen LogP contribution in [0.15, 0.2) is 72.8 Å². The molecule has 0 radical (unpaired) electrons. The van der Waals surface area contributed by atoms with Gasteiger partial charge in [-0.3, -0.25) is 0 Å². The molecule has 1 aliphatic heterocycles. The number of hydrogen-bond acceptors (Lipinski definition) is 0. The molecule has 1 atom stereocenters. The SMILES string of the molecule is CC(C)(C)c1ccc2c(c1)C1C=CC=CC1=[N+]2c1ccccc1. The van der Waals surface area contributed by atoms with E-state index in [-0.39, 0.29) is 5.41 Å². The Labute approximate surface area is 138 Å². The van der Waals surface area contributed by atoms with Gasteiger partial charge < -0.3 is 0 Å². The fourth-order valence-electron chi connectivity index (χ4n) is 3.49. The smallest absolute Gasteiger partial charge is 0.157 e. The van der Waals surface area contributed by atoms with Gasteiger partial charge in [0.1, 0.15) is 0 Å². The highest BCUT2D eigenvalue weighted by atomic mass is 15.1. The van der Waals surface area contributed by atoms with Crippen molar-refractivity contribution >= 4 is 17.1 Å². The molecular weight excluding hydrogens is 278 g/mol. The van der Waals surface area contributed by atoms with Crippen molar-refractivity contribution in [1.29, 1.82) is 0 Å². The second-order valence-corrected chi connectivity index (χ2v) is 7.34. The number of fused-ring (bicyclic) bond motifs is 3. The number of rotatable bonds is 1. The molecule has 0 saturated carbocycles. The van der Waals surface area contributed by atoms with E-state index in [4.69, 9.17) is 0 Å². The quantitative estimate of drug-likeness (QED) is 0.613. The predicted molar refractivity (Wildman–Crippen MR) is 99.1 cm³/mol. The van der Waals surface area contributed by atoms with Gasteiger partial charge in [0.05, 0.1) is 5.92 Å². The van der Waals surface area contributed by atoms with Crippen molar-refractivity contribution in [3.8, 4) is 0 Å². The predicted octanol–water partition coefficient (Wildman–Crippen LogP) is 5.48. The first-order valence-electron chi connectivity index (χ1n) is 8.27. The van der Waals surface area contributed by atoms with Crippen LogP contribution in [0.4, 0.5) is 11.4 Å². The molecule has 2 aromatic rings. The van der Waals surface area contributed by atoms with E-state index in [0.29, 0.717) is 5.92 Å². The van der Waals surface area contributed by atoms with E-state index >= 15 is 0 Å². The maximum atomic E-state index is 2.40. The second-order valence-electron chi connectivity index (χ2n) is 7.34. The molecule has 2 aromatic carbocycles. The van der Waals surface area contributed by atoms with Crippen LogP contribution in [0, 0.1) is 0 Å². The number of allylic oxidation sites excluding steroid dienone is 4. The molecule has 0 N–H and O–H groups in total. The molecule has 4 rings (SSSR count). The summed E-state index contributed by atoms with van der Waals surface area (Å²) in [4.78, 5) is 0. The third kappa shape index (κ3) is 2.28. The molecule has 0 spiro atoms. The molecule has 0 saturated heterocycles. The standard InChI is InChI=1S/C22H22N/c1-22(2,3)16-13-14-21-19(15-16)18-11-7-8-12-20(18)23(21)17-9-5-4-6-10-17/h4-15,18H,1-3H3/q+1. The molecule has 23 heavy (non-hydrogen) atoms. The molecule has 114 valence electrons. The van der Waals surface area contributed by atoms with Gasteiger partial charge in [0.15, 0.2) is 5.71 Å². The van der Waals surface area contributed by atoms with E-state index in [2.05, 4.69) is 98.2 Å². The van der Waals surface area contributed by atoms with Crippen LogP contribution in [0.25, 0.3) is 0 Å². The van der Waals surface area contributed by atoms with Gasteiger partial charge in [-0.2, -0.15) is 4.58 Å². The van der Waals surface area contributed by atoms with E-state index in [1.807, 2.05) is 0 Å². The highest BCUT2D eigenvalue weighted by molar-refractivity contribution is 6.10. The molecule has 0 bridgehead atoms. The number of hydrogen-bond donors (Lipinski definition) is 0. The van der Waals surface area contributed by atoms with Gasteiger partial charge in [0, 0.05) is 29.8 Å². The highest BCUT2D eigenvalue weighted by Crippen LogP contribution is 2.41. The van der Waals surface area contributed by atoms with Crippen LogP contribution in [0.2, 0.25) is 0 Å². The zero-order chi connectivity index (χ0) is 16.0. The Bertz CT molecular complexity index is 845. The van der Waals surface area contributed by atoms with Crippen molar-refractivity contribution in [2.24, 2.45) is 0 Å². The number of benzene rings is 2. The van der Waals surface area contributed by atoms with E-state index < -0.39 is 0 Å². The van der Waals surface area contributed by atoms with E-state index in [1.165, 1.54) is 28.2 Å². The first-order chi connectivity index (χ1) is 11.1. The monoisotopic (exact) mass is 300 g/mol. The van der Waals surface area contributed by atoms with Crippen LogP contribution < -0.4 is 4.58 Å². The van der Waals surface area contributed by atoms with Crippen molar-refractivity contribution in [2.45, 2.75) is 32.1 Å². The summed E-state index contributed by atoms with van der Waals surface area (Å²) >= 11 is 0. The van der Waals surface area contributed by atoms with Gasteiger partial charge in [-0.05, 0) is 17.0 Å². The normalized spacial score (nSPS) is 19.0. The van der Waals surface area contributed by atoms with Crippen molar-refractivity contribution in [3.05, 3.63) is 84.0 Å². The summed E-state index contributed by atoms with van der Waals surface area (Å²) in [5.41, 5.74) is 6.86. The minimum absolute atomic E-state index is 0.170. The van der Waals surface area contributed by atoms with Gasteiger partial charge in [-0.15, -0.1) is 0 Å². The molecule has 0 fully saturated rings. The van der Waals surface area contributed by atoms with E-state index in [0.717, 1.165) is 0 Å². The number of nitrogens with zero attached hydrogens (tertiary/aromatic N) is 1. The average molecular weight is 300 g/mol. The summed E-state index contributed by atoms with van der Waals surface area (Å²) in [6.07, 6.45) is 8.85. The lowest BCUT2D eigenvalue weighted by molar-refractivity contribution is 0.589. The minimum Gasteiger partial charge on any atom is -0.157 e. The first-order valence-corrected chi connectivity index (χ1v) is 8.27. The Hall–Kier alpha value is -2.41. The van der Waals surface area contributed by atoms with E-state index in [9.17, 15) is 0 Å². The average Bonchev–Trinajstić information content (AvgIpc) is 2.88. The van der Waals surface area contributed by atoms with Gasteiger partial charge in [0.25, 0.3) is 0 Å². The summed E-state index contributed by atoms with van der Waals surface area (Å²) in [5, 5.41) is 0. The summed E-state index contributed by atoms with van der Waals surface area (Å²) in [6, 6.07) is 17.6. The van der Waals surface area contributed by atoms with Crippen LogP contribution in [0.5, 0.6) is 0 Å². The Balaban J connectivity index is 1.94. The fourth-order valence-corrected chi connectivity index (χ4v) is 3.49. The molecule has 2 aliphatic rings. The molecule has 1 aliphatic carbocycles. The third-order valence-corrected chi connectivity index (χ3v) is 4.74.